The van der Waals surface area contributed by atoms with Crippen molar-refractivity contribution >= 4 is 5.82 Å². The van der Waals surface area contributed by atoms with Crippen molar-refractivity contribution in [3.05, 3.63) is 87.1 Å². The maximum Gasteiger partial charge on any atom is 0.273 e. The number of benzene rings is 1. The van der Waals surface area contributed by atoms with E-state index in [1.807, 2.05) is 35.2 Å². The fourth-order valence-electron chi connectivity index (χ4n) is 3.33. The van der Waals surface area contributed by atoms with E-state index < -0.39 is 0 Å². The first-order valence-electron chi connectivity index (χ1n) is 9.24. The summed E-state index contributed by atoms with van der Waals surface area (Å²) in [6.45, 7) is 1.89. The van der Waals surface area contributed by atoms with Gasteiger partial charge in [-0.2, -0.15) is 0 Å². The number of nitrogens with zero attached hydrogens (tertiary/aromatic N) is 2. The van der Waals surface area contributed by atoms with Crippen molar-refractivity contribution in [2.45, 2.75) is 19.1 Å². The van der Waals surface area contributed by atoms with Crippen LogP contribution in [0, 0.1) is 0 Å². The largest absolute Gasteiger partial charge is 0.489 e. The van der Waals surface area contributed by atoms with Crippen LogP contribution in [0.5, 0.6) is 5.75 Å². The van der Waals surface area contributed by atoms with Crippen LogP contribution in [0.15, 0.2) is 70.4 Å². The molecule has 0 saturated carbocycles. The summed E-state index contributed by atoms with van der Waals surface area (Å²) in [6.07, 6.45) is 2.45. The zero-order valence-electron chi connectivity index (χ0n) is 15.4. The predicted octanol–water partition coefficient (Wildman–Crippen LogP) is 1.64. The number of aromatic amines is 1. The Morgan fingerprint density at radius 2 is 1.93 bits per heavy atom. The molecule has 1 aliphatic rings. The molecule has 1 saturated heterocycles. The van der Waals surface area contributed by atoms with Crippen LogP contribution in [0.4, 0.5) is 5.82 Å². The minimum Gasteiger partial charge on any atom is -0.489 e. The highest BCUT2D eigenvalue weighted by atomic mass is 16.5. The lowest BCUT2D eigenvalue weighted by atomic mass is 10.2. The monoisotopic (exact) mass is 378 g/mol. The molecule has 1 atom stereocenters. The lowest BCUT2D eigenvalue weighted by Crippen LogP contribution is -2.29. The smallest absolute Gasteiger partial charge is 0.273 e. The van der Waals surface area contributed by atoms with Crippen LogP contribution in [0.3, 0.4) is 0 Å². The molecule has 0 unspecified atom stereocenters. The SMILES string of the molecule is N[C@H]1CCN(c2ccc(-n3ccc(OCc4ccccc4)cc3=O)c(=O)[nH]2)C1. The molecule has 0 spiro atoms. The van der Waals surface area contributed by atoms with Crippen LogP contribution in [-0.4, -0.2) is 28.7 Å². The van der Waals surface area contributed by atoms with Crippen molar-refractivity contribution in [2.75, 3.05) is 18.0 Å². The number of pyridine rings is 2. The average Bonchev–Trinajstić information content (AvgIpc) is 3.14. The highest BCUT2D eigenvalue weighted by Crippen LogP contribution is 2.17. The minimum atomic E-state index is -0.327. The molecule has 1 fully saturated rings. The van der Waals surface area contributed by atoms with Crippen LogP contribution >= 0.6 is 0 Å². The molecule has 2 aromatic heterocycles. The van der Waals surface area contributed by atoms with Crippen LogP contribution in [0.2, 0.25) is 0 Å². The molecule has 7 nitrogen and oxygen atoms in total. The molecule has 3 aromatic rings. The van der Waals surface area contributed by atoms with E-state index in [0.717, 1.165) is 24.3 Å². The van der Waals surface area contributed by atoms with E-state index >= 15 is 0 Å². The first kappa shape index (κ1) is 18.1. The first-order valence-corrected chi connectivity index (χ1v) is 9.24. The van der Waals surface area contributed by atoms with E-state index in [1.54, 1.807) is 24.4 Å². The summed E-state index contributed by atoms with van der Waals surface area (Å²) >= 11 is 0. The van der Waals surface area contributed by atoms with Gasteiger partial charge < -0.3 is 20.4 Å². The standard InChI is InChI=1S/C21H22N4O3/c22-16-8-10-24(13-16)19-7-6-18(21(27)23-19)25-11-9-17(12-20(25)26)28-14-15-4-2-1-3-5-15/h1-7,9,11-12,16H,8,10,13-14,22H2,(H,23,27)/t16-/m0/s1. The minimum absolute atomic E-state index is 0.120. The van der Waals surface area contributed by atoms with E-state index in [4.69, 9.17) is 10.5 Å². The molecule has 4 rings (SSSR count). The molecule has 0 aliphatic carbocycles. The molecule has 1 aliphatic heterocycles. The molecule has 0 radical (unpaired) electrons. The third-order valence-electron chi connectivity index (χ3n) is 4.84. The summed E-state index contributed by atoms with van der Waals surface area (Å²) in [7, 11) is 0. The van der Waals surface area contributed by atoms with Gasteiger partial charge in [0.2, 0.25) is 0 Å². The third kappa shape index (κ3) is 3.84. The van der Waals surface area contributed by atoms with Gasteiger partial charge >= 0.3 is 0 Å². The van der Waals surface area contributed by atoms with Crippen molar-refractivity contribution < 1.29 is 4.74 Å². The lowest BCUT2D eigenvalue weighted by molar-refractivity contribution is 0.305. The van der Waals surface area contributed by atoms with E-state index in [-0.39, 0.29) is 22.8 Å². The number of H-pyrrole nitrogens is 1. The van der Waals surface area contributed by atoms with Gasteiger partial charge in [-0.05, 0) is 30.2 Å². The number of nitrogens with two attached hydrogens (primary N) is 1. The van der Waals surface area contributed by atoms with Gasteiger partial charge in [0.25, 0.3) is 11.1 Å². The summed E-state index contributed by atoms with van der Waals surface area (Å²) < 4.78 is 6.99. The summed E-state index contributed by atoms with van der Waals surface area (Å²) in [5.74, 6) is 1.18. The van der Waals surface area contributed by atoms with Gasteiger partial charge in [-0.1, -0.05) is 30.3 Å². The molecule has 3 heterocycles. The number of hydrogen-bond acceptors (Lipinski definition) is 5. The van der Waals surface area contributed by atoms with Crippen molar-refractivity contribution in [1.82, 2.24) is 9.55 Å². The topological polar surface area (TPSA) is 93.3 Å². The maximum atomic E-state index is 12.5. The molecule has 0 bridgehead atoms. The number of anilines is 1. The highest BCUT2D eigenvalue weighted by molar-refractivity contribution is 5.44. The van der Waals surface area contributed by atoms with Gasteiger partial charge in [-0.25, -0.2) is 0 Å². The fourth-order valence-corrected chi connectivity index (χ4v) is 3.33. The number of aromatic nitrogens is 2. The number of nitrogens with one attached hydrogen (secondary N) is 1. The Morgan fingerprint density at radius 1 is 1.11 bits per heavy atom. The fraction of sp³-hybridized carbons (Fsp3) is 0.238. The highest BCUT2D eigenvalue weighted by Gasteiger charge is 2.20. The van der Waals surface area contributed by atoms with Gasteiger partial charge in [0.05, 0.1) is 0 Å². The van der Waals surface area contributed by atoms with Crippen molar-refractivity contribution in [3.8, 4) is 11.4 Å². The van der Waals surface area contributed by atoms with Crippen LogP contribution < -0.4 is 26.5 Å². The Hall–Kier alpha value is -3.32. The summed E-state index contributed by atoms with van der Waals surface area (Å²) in [4.78, 5) is 29.9. The van der Waals surface area contributed by atoms with Gasteiger partial charge in [0.15, 0.2) is 0 Å². The second-order valence-electron chi connectivity index (χ2n) is 6.90. The van der Waals surface area contributed by atoms with Crippen LogP contribution in [-0.2, 0) is 6.61 Å². The van der Waals surface area contributed by atoms with Crippen molar-refractivity contribution in [2.24, 2.45) is 5.73 Å². The summed E-state index contributed by atoms with van der Waals surface area (Å²) in [5.41, 5.74) is 6.56. The zero-order chi connectivity index (χ0) is 19.5. The van der Waals surface area contributed by atoms with Crippen molar-refractivity contribution in [3.63, 3.8) is 0 Å². The lowest BCUT2D eigenvalue weighted by Gasteiger charge is -2.18. The Balaban J connectivity index is 1.53. The summed E-state index contributed by atoms with van der Waals surface area (Å²) in [5, 5.41) is 0. The van der Waals surface area contributed by atoms with E-state index in [1.165, 1.54) is 10.6 Å². The predicted molar refractivity (Wildman–Crippen MR) is 108 cm³/mol. The summed E-state index contributed by atoms with van der Waals surface area (Å²) in [6, 6.07) is 16.4. The van der Waals surface area contributed by atoms with E-state index in [2.05, 4.69) is 4.98 Å². The first-order chi connectivity index (χ1) is 13.6. The molecular weight excluding hydrogens is 356 g/mol. The molecule has 28 heavy (non-hydrogen) atoms. The Labute approximate surface area is 162 Å². The zero-order valence-corrected chi connectivity index (χ0v) is 15.4. The van der Waals surface area contributed by atoms with Gasteiger partial charge in [0.1, 0.15) is 23.9 Å². The van der Waals surface area contributed by atoms with Gasteiger partial charge in [-0.3, -0.25) is 14.2 Å². The average molecular weight is 378 g/mol. The van der Waals surface area contributed by atoms with Crippen molar-refractivity contribution in [1.29, 1.82) is 0 Å². The van der Waals surface area contributed by atoms with E-state index in [0.29, 0.717) is 18.9 Å². The van der Waals surface area contributed by atoms with E-state index in [9.17, 15) is 9.59 Å². The number of rotatable bonds is 5. The molecule has 144 valence electrons. The molecular formula is C21H22N4O3. The Morgan fingerprint density at radius 3 is 2.61 bits per heavy atom. The third-order valence-corrected chi connectivity index (χ3v) is 4.84. The van der Waals surface area contributed by atoms with Gasteiger partial charge in [0, 0.05) is 31.4 Å². The number of hydrogen-bond donors (Lipinski definition) is 2. The number of ether oxygens (including phenoxy) is 1. The maximum absolute atomic E-state index is 12.5. The molecule has 0 amide bonds. The second-order valence-corrected chi connectivity index (χ2v) is 6.90. The second kappa shape index (κ2) is 7.74. The molecule has 7 heteroatoms. The quantitative estimate of drug-likeness (QED) is 0.704. The molecule has 1 aromatic carbocycles. The molecule has 3 N–H and O–H groups in total. The van der Waals surface area contributed by atoms with Gasteiger partial charge in [-0.15, -0.1) is 0 Å². The Bertz CT molecular complexity index is 1070. The normalized spacial score (nSPS) is 16.3. The van der Waals surface area contributed by atoms with Crippen LogP contribution in [0.25, 0.3) is 5.69 Å². The Kier molecular flexibility index (Phi) is 4.99. The van der Waals surface area contributed by atoms with Crippen LogP contribution in [0.1, 0.15) is 12.0 Å².